The Morgan fingerprint density at radius 3 is 2.70 bits per heavy atom. The third-order valence-corrected chi connectivity index (χ3v) is 3.62. The molecule has 0 aliphatic carbocycles. The molecule has 8 nitrogen and oxygen atoms in total. The molecule has 0 saturated carbocycles. The molecule has 1 aromatic carbocycles. The lowest BCUT2D eigenvalue weighted by Gasteiger charge is -2.32. The number of carboxylic acids is 1. The van der Waals surface area contributed by atoms with Crippen LogP contribution in [-0.2, 0) is 9.59 Å². The minimum absolute atomic E-state index is 0. The number of nitrogens with one attached hydrogen (secondary N) is 1. The second-order valence-electron chi connectivity index (χ2n) is 5.14. The Morgan fingerprint density at radius 1 is 1.35 bits per heavy atom. The minimum Gasteiger partial charge on any atom is -0.480 e. The van der Waals surface area contributed by atoms with Crippen molar-refractivity contribution in [1.29, 1.82) is 0 Å². The van der Waals surface area contributed by atoms with Crippen LogP contribution in [0, 0.1) is 10.1 Å². The second kappa shape index (κ2) is 8.44. The SMILES string of the molecule is Cl.O=C(CN1CCCCC1C(=O)O)Nc1ccccc1[N+](=O)[O-]. The van der Waals surface area contributed by atoms with E-state index in [0.717, 1.165) is 12.8 Å². The first kappa shape index (κ1) is 18.9. The van der Waals surface area contributed by atoms with E-state index in [1.54, 1.807) is 11.0 Å². The van der Waals surface area contributed by atoms with Gasteiger partial charge in [-0.25, -0.2) is 0 Å². The Morgan fingerprint density at radius 2 is 2.04 bits per heavy atom. The highest BCUT2D eigenvalue weighted by molar-refractivity contribution is 5.94. The number of aliphatic carboxylic acids is 1. The molecule has 23 heavy (non-hydrogen) atoms. The minimum atomic E-state index is -0.946. The van der Waals surface area contributed by atoms with Crippen molar-refractivity contribution >= 4 is 35.7 Å². The van der Waals surface area contributed by atoms with E-state index in [4.69, 9.17) is 5.11 Å². The number of nitro benzene ring substituents is 1. The molecule has 1 fully saturated rings. The average molecular weight is 344 g/mol. The Bertz CT molecular complexity index is 596. The van der Waals surface area contributed by atoms with Gasteiger partial charge in [-0.15, -0.1) is 12.4 Å². The summed E-state index contributed by atoms with van der Waals surface area (Å²) < 4.78 is 0. The number of nitro groups is 1. The number of rotatable bonds is 5. The first-order valence-electron chi connectivity index (χ1n) is 6.99. The van der Waals surface area contributed by atoms with Gasteiger partial charge in [-0.2, -0.15) is 0 Å². The molecule has 1 aliphatic rings. The molecule has 2 N–H and O–H groups in total. The highest BCUT2D eigenvalue weighted by atomic mass is 35.5. The van der Waals surface area contributed by atoms with Crippen LogP contribution in [0.5, 0.6) is 0 Å². The number of amides is 1. The highest BCUT2D eigenvalue weighted by Gasteiger charge is 2.30. The van der Waals surface area contributed by atoms with Crippen LogP contribution in [0.2, 0.25) is 0 Å². The van der Waals surface area contributed by atoms with Gasteiger partial charge in [0.15, 0.2) is 0 Å². The van der Waals surface area contributed by atoms with Gasteiger partial charge in [-0.3, -0.25) is 24.6 Å². The van der Waals surface area contributed by atoms with Crippen LogP contribution in [0.25, 0.3) is 0 Å². The molecule has 1 atom stereocenters. The second-order valence-corrected chi connectivity index (χ2v) is 5.14. The molecule has 9 heteroatoms. The molecular weight excluding hydrogens is 326 g/mol. The topological polar surface area (TPSA) is 113 Å². The summed E-state index contributed by atoms with van der Waals surface area (Å²) in [6.45, 7) is 0.435. The first-order valence-corrected chi connectivity index (χ1v) is 6.99. The zero-order valence-electron chi connectivity index (χ0n) is 12.3. The quantitative estimate of drug-likeness (QED) is 0.623. The van der Waals surface area contributed by atoms with Gasteiger partial charge in [0.25, 0.3) is 5.69 Å². The van der Waals surface area contributed by atoms with E-state index in [1.165, 1.54) is 18.2 Å². The highest BCUT2D eigenvalue weighted by Crippen LogP contribution is 2.23. The molecule has 1 aliphatic heterocycles. The van der Waals surface area contributed by atoms with E-state index in [0.29, 0.717) is 13.0 Å². The lowest BCUT2D eigenvalue weighted by Crippen LogP contribution is -2.47. The number of hydrogen-bond acceptors (Lipinski definition) is 5. The summed E-state index contributed by atoms with van der Waals surface area (Å²) in [6, 6.07) is 5.17. The van der Waals surface area contributed by atoms with Crippen molar-refractivity contribution in [2.24, 2.45) is 0 Å². The number of para-hydroxylation sites is 2. The summed E-state index contributed by atoms with van der Waals surface area (Å²) >= 11 is 0. The van der Waals surface area contributed by atoms with Gasteiger partial charge in [0.2, 0.25) is 5.91 Å². The normalized spacial score (nSPS) is 17.8. The molecule has 126 valence electrons. The fourth-order valence-electron chi connectivity index (χ4n) is 2.57. The monoisotopic (exact) mass is 343 g/mol. The van der Waals surface area contributed by atoms with Crippen LogP contribution in [-0.4, -0.2) is 45.9 Å². The Hall–Kier alpha value is -2.19. The molecule has 0 bridgehead atoms. The molecule has 1 heterocycles. The van der Waals surface area contributed by atoms with Gasteiger partial charge in [-0.1, -0.05) is 18.6 Å². The van der Waals surface area contributed by atoms with Crippen LogP contribution in [0.15, 0.2) is 24.3 Å². The molecule has 1 unspecified atom stereocenters. The summed E-state index contributed by atoms with van der Waals surface area (Å²) in [5, 5.41) is 22.5. The number of piperidine rings is 1. The van der Waals surface area contributed by atoms with Crippen LogP contribution in [0.4, 0.5) is 11.4 Å². The maximum Gasteiger partial charge on any atom is 0.320 e. The van der Waals surface area contributed by atoms with E-state index in [1.807, 2.05) is 0 Å². The van der Waals surface area contributed by atoms with Crippen molar-refractivity contribution in [1.82, 2.24) is 4.90 Å². The molecule has 0 radical (unpaired) electrons. The number of carbonyl (C=O) groups is 2. The molecule has 1 aromatic rings. The first-order chi connectivity index (χ1) is 10.5. The molecule has 1 saturated heterocycles. The Kier molecular flexibility index (Phi) is 6.92. The van der Waals surface area contributed by atoms with Crippen LogP contribution < -0.4 is 5.32 Å². The number of halogens is 1. The van der Waals surface area contributed by atoms with Gasteiger partial charge < -0.3 is 10.4 Å². The van der Waals surface area contributed by atoms with Crippen molar-refractivity contribution in [3.63, 3.8) is 0 Å². The van der Waals surface area contributed by atoms with Gasteiger partial charge in [0.1, 0.15) is 11.7 Å². The van der Waals surface area contributed by atoms with E-state index in [2.05, 4.69) is 5.32 Å². The third-order valence-electron chi connectivity index (χ3n) is 3.62. The Balaban J connectivity index is 0.00000264. The zero-order chi connectivity index (χ0) is 16.1. The standard InChI is InChI=1S/C14H17N3O5.ClH/c18-13(9-16-8-4-3-7-12(16)14(19)20)15-10-5-1-2-6-11(10)17(21)22;/h1-2,5-6,12H,3-4,7-9H2,(H,15,18)(H,19,20);1H. The molecular formula is C14H18ClN3O5. The number of benzene rings is 1. The number of carboxylic acid groups (broad SMARTS) is 1. The number of carbonyl (C=O) groups excluding carboxylic acids is 1. The van der Waals surface area contributed by atoms with Crippen molar-refractivity contribution in [2.75, 3.05) is 18.4 Å². The van der Waals surface area contributed by atoms with E-state index < -0.39 is 22.8 Å². The third kappa shape index (κ3) is 4.90. The average Bonchev–Trinajstić information content (AvgIpc) is 2.47. The predicted molar refractivity (Wildman–Crippen MR) is 85.8 cm³/mol. The molecule has 1 amide bonds. The molecule has 0 aromatic heterocycles. The lowest BCUT2D eigenvalue weighted by atomic mass is 10.0. The largest absolute Gasteiger partial charge is 0.480 e. The number of hydrogen-bond donors (Lipinski definition) is 2. The van der Waals surface area contributed by atoms with Crippen LogP contribution in [0.3, 0.4) is 0 Å². The number of likely N-dealkylation sites (tertiary alicyclic amines) is 1. The zero-order valence-corrected chi connectivity index (χ0v) is 13.1. The summed E-state index contributed by atoms with van der Waals surface area (Å²) in [7, 11) is 0. The van der Waals surface area contributed by atoms with Crippen LogP contribution in [0.1, 0.15) is 19.3 Å². The van der Waals surface area contributed by atoms with Crippen molar-refractivity contribution in [3.8, 4) is 0 Å². The van der Waals surface area contributed by atoms with Gasteiger partial charge in [0, 0.05) is 6.07 Å². The summed E-state index contributed by atoms with van der Waals surface area (Å²) in [6.07, 6.45) is 2.16. The number of anilines is 1. The summed E-state index contributed by atoms with van der Waals surface area (Å²) in [5.41, 5.74) is -0.0781. The number of nitrogens with zero attached hydrogens (tertiary/aromatic N) is 2. The van der Waals surface area contributed by atoms with Gasteiger partial charge in [-0.05, 0) is 25.5 Å². The predicted octanol–water partition coefficient (Wildman–Crippen LogP) is 1.89. The summed E-state index contributed by atoms with van der Waals surface area (Å²) in [5.74, 6) is -1.40. The van der Waals surface area contributed by atoms with Gasteiger partial charge >= 0.3 is 5.97 Å². The van der Waals surface area contributed by atoms with Crippen molar-refractivity contribution in [2.45, 2.75) is 25.3 Å². The Labute approximate surface area is 139 Å². The molecule has 2 rings (SSSR count). The lowest BCUT2D eigenvalue weighted by molar-refractivity contribution is -0.383. The van der Waals surface area contributed by atoms with Crippen LogP contribution >= 0.6 is 12.4 Å². The van der Waals surface area contributed by atoms with E-state index in [9.17, 15) is 19.7 Å². The fourth-order valence-corrected chi connectivity index (χ4v) is 2.57. The smallest absolute Gasteiger partial charge is 0.320 e. The summed E-state index contributed by atoms with van der Waals surface area (Å²) in [4.78, 5) is 35.2. The molecule has 0 spiro atoms. The van der Waals surface area contributed by atoms with E-state index >= 15 is 0 Å². The van der Waals surface area contributed by atoms with Crippen molar-refractivity contribution in [3.05, 3.63) is 34.4 Å². The van der Waals surface area contributed by atoms with Gasteiger partial charge in [0.05, 0.1) is 11.5 Å². The van der Waals surface area contributed by atoms with E-state index in [-0.39, 0.29) is 30.3 Å². The fraction of sp³-hybridized carbons (Fsp3) is 0.429. The van der Waals surface area contributed by atoms with Crippen molar-refractivity contribution < 1.29 is 19.6 Å². The maximum atomic E-state index is 12.1. The maximum absolute atomic E-state index is 12.1.